The number of aliphatic hydroxyl groups excluding tert-OH is 1. The van der Waals surface area contributed by atoms with Crippen LogP contribution in [0.3, 0.4) is 0 Å². The molecule has 4 atom stereocenters. The van der Waals surface area contributed by atoms with E-state index in [9.17, 15) is 13.7 Å². The molecule has 15 heteroatoms. The van der Waals surface area contributed by atoms with Crippen LogP contribution in [0.25, 0.3) is 0 Å². The van der Waals surface area contributed by atoms with Gasteiger partial charge in [0.05, 0.1) is 12.7 Å². The molecule has 0 radical (unpaired) electrons. The van der Waals surface area contributed by atoms with Crippen molar-refractivity contribution in [1.29, 1.82) is 0 Å². The number of phosphoric acid groups is 3. The fourth-order valence-corrected chi connectivity index (χ4v) is 4.34. The van der Waals surface area contributed by atoms with Gasteiger partial charge in [-0.2, -0.15) is 8.62 Å². The Morgan fingerprint density at radius 2 is 1.60 bits per heavy atom. The molecule has 12 nitrogen and oxygen atoms in total. The fraction of sp³-hybridized carbons (Fsp3) is 1.00. The van der Waals surface area contributed by atoms with Crippen LogP contribution >= 0.6 is 23.5 Å². The van der Waals surface area contributed by atoms with Crippen molar-refractivity contribution in [3.8, 4) is 0 Å². The van der Waals surface area contributed by atoms with Crippen LogP contribution in [0.4, 0.5) is 0 Å². The Hall–Kier alpha value is 0.330. The third-order valence-electron chi connectivity index (χ3n) is 1.92. The van der Waals surface area contributed by atoms with E-state index in [4.69, 9.17) is 29.4 Å². The van der Waals surface area contributed by atoms with Crippen LogP contribution in [0.5, 0.6) is 0 Å². The summed E-state index contributed by atoms with van der Waals surface area (Å²) < 4.78 is 48.7. The van der Waals surface area contributed by atoms with E-state index in [0.717, 1.165) is 0 Å². The first-order valence-corrected chi connectivity index (χ1v) is 9.52. The second kappa shape index (κ2) is 6.62. The normalized spacial score (nSPS) is 29.9. The second-order valence-corrected chi connectivity index (χ2v) is 8.10. The molecule has 1 heterocycles. The van der Waals surface area contributed by atoms with Crippen LogP contribution in [0.15, 0.2) is 0 Å². The van der Waals surface area contributed by atoms with Crippen molar-refractivity contribution < 1.29 is 56.3 Å². The molecule has 1 saturated heterocycles. The first-order chi connectivity index (χ1) is 8.89. The molecule has 0 saturated carbocycles. The molecule has 1 aliphatic rings. The van der Waals surface area contributed by atoms with Crippen LogP contribution in [-0.4, -0.2) is 43.7 Å². The average Bonchev–Trinajstić information content (AvgIpc) is 2.55. The fourth-order valence-electron chi connectivity index (χ4n) is 1.29. The van der Waals surface area contributed by atoms with Gasteiger partial charge in [-0.25, -0.2) is 13.7 Å². The molecule has 0 spiro atoms. The van der Waals surface area contributed by atoms with Gasteiger partial charge >= 0.3 is 23.5 Å². The molecule has 1 fully saturated rings. The molecule has 1 rings (SSSR count). The van der Waals surface area contributed by atoms with E-state index in [1.54, 1.807) is 0 Å². The van der Waals surface area contributed by atoms with Gasteiger partial charge in [0, 0.05) is 6.42 Å². The van der Waals surface area contributed by atoms with Gasteiger partial charge in [-0.3, -0.25) is 4.52 Å². The summed E-state index contributed by atoms with van der Waals surface area (Å²) in [6.07, 6.45) is -1.17. The minimum Gasteiger partial charge on any atom is -0.368 e. The zero-order valence-corrected chi connectivity index (χ0v) is 12.4. The van der Waals surface area contributed by atoms with Crippen molar-refractivity contribution in [2.75, 3.05) is 6.61 Å². The Labute approximate surface area is 112 Å². The largest absolute Gasteiger partial charge is 0.490 e. The zero-order valence-electron chi connectivity index (χ0n) is 9.71. The SMILES string of the molecule is O=P(O)(O)OP(=O)(O)OP(=O)(O)OC[C@@H]1CCC(O)O1. The lowest BCUT2D eigenvalue weighted by Crippen LogP contribution is -2.16. The zero-order chi connectivity index (χ0) is 15.6. The molecule has 0 aromatic carbocycles. The van der Waals surface area contributed by atoms with Gasteiger partial charge in [-0.05, 0) is 6.42 Å². The first kappa shape index (κ1) is 18.4. The third-order valence-corrected chi connectivity index (χ3v) is 5.73. The van der Waals surface area contributed by atoms with Gasteiger partial charge in [-0.15, -0.1) is 0 Å². The molecule has 0 amide bonds. The predicted octanol–water partition coefficient (Wildman–Crippen LogP) is -0.173. The summed E-state index contributed by atoms with van der Waals surface area (Å²) in [5.41, 5.74) is 0. The molecular formula is C5H13O12P3. The number of phosphoric ester groups is 1. The van der Waals surface area contributed by atoms with E-state index in [2.05, 4.69) is 13.1 Å². The summed E-state index contributed by atoms with van der Waals surface area (Å²) in [5.74, 6) is 0. The van der Waals surface area contributed by atoms with Crippen molar-refractivity contribution >= 4 is 23.5 Å². The molecule has 0 aromatic heterocycles. The maximum Gasteiger partial charge on any atom is 0.490 e. The predicted molar refractivity (Wildman–Crippen MR) is 59.9 cm³/mol. The molecule has 1 aliphatic heterocycles. The lowest BCUT2D eigenvalue weighted by atomic mass is 10.2. The number of aliphatic hydroxyl groups is 1. The lowest BCUT2D eigenvalue weighted by Gasteiger charge is -2.17. The topological polar surface area (TPSA) is 189 Å². The smallest absolute Gasteiger partial charge is 0.368 e. The maximum absolute atomic E-state index is 11.3. The third kappa shape index (κ3) is 7.37. The van der Waals surface area contributed by atoms with Gasteiger partial charge in [0.25, 0.3) is 0 Å². The van der Waals surface area contributed by atoms with Crippen molar-refractivity contribution in [2.24, 2.45) is 0 Å². The summed E-state index contributed by atoms with van der Waals surface area (Å²) >= 11 is 0. The Balaban J connectivity index is 2.50. The molecular weight excluding hydrogens is 345 g/mol. The van der Waals surface area contributed by atoms with Crippen LogP contribution in [0.1, 0.15) is 12.8 Å². The highest BCUT2D eigenvalue weighted by Gasteiger charge is 2.41. The molecule has 0 bridgehead atoms. The number of rotatable bonds is 7. The van der Waals surface area contributed by atoms with E-state index in [-0.39, 0.29) is 6.42 Å². The van der Waals surface area contributed by atoms with E-state index in [1.807, 2.05) is 0 Å². The van der Waals surface area contributed by atoms with E-state index < -0.39 is 42.5 Å². The van der Waals surface area contributed by atoms with Gasteiger partial charge < -0.3 is 29.4 Å². The molecule has 5 N–H and O–H groups in total. The van der Waals surface area contributed by atoms with Gasteiger partial charge in [0.2, 0.25) is 0 Å². The minimum absolute atomic E-state index is 0.282. The maximum atomic E-state index is 11.3. The molecule has 3 unspecified atom stereocenters. The first-order valence-electron chi connectivity index (χ1n) is 5.00. The Bertz CT molecular complexity index is 470. The summed E-state index contributed by atoms with van der Waals surface area (Å²) in [6, 6.07) is 0. The van der Waals surface area contributed by atoms with Gasteiger partial charge in [0.1, 0.15) is 0 Å². The highest BCUT2D eigenvalue weighted by atomic mass is 31.3. The Morgan fingerprint density at radius 1 is 1.00 bits per heavy atom. The van der Waals surface area contributed by atoms with Crippen LogP contribution in [0.2, 0.25) is 0 Å². The van der Waals surface area contributed by atoms with Crippen LogP contribution in [0, 0.1) is 0 Å². The van der Waals surface area contributed by atoms with Crippen molar-refractivity contribution in [3.63, 3.8) is 0 Å². The summed E-state index contributed by atoms with van der Waals surface area (Å²) in [6.45, 7) is -0.541. The van der Waals surface area contributed by atoms with E-state index in [0.29, 0.717) is 6.42 Å². The number of hydrogen-bond acceptors (Lipinski definition) is 8. The van der Waals surface area contributed by atoms with Crippen molar-refractivity contribution in [3.05, 3.63) is 0 Å². The van der Waals surface area contributed by atoms with Crippen LogP contribution in [-0.2, 0) is 31.6 Å². The summed E-state index contributed by atoms with van der Waals surface area (Å²) in [7, 11) is -16.0. The van der Waals surface area contributed by atoms with Crippen molar-refractivity contribution in [2.45, 2.75) is 25.2 Å². The highest BCUT2D eigenvalue weighted by Crippen LogP contribution is 2.66. The monoisotopic (exact) mass is 358 g/mol. The lowest BCUT2D eigenvalue weighted by molar-refractivity contribution is -0.100. The standard InChI is InChI=1S/C5H13O12P3/c6-5-2-1-4(15-5)3-14-19(10,11)17-20(12,13)16-18(7,8)9/h4-6H,1-3H2,(H,10,11)(H,12,13)(H2,7,8,9)/t4-,5?/m0/s1. The molecule has 0 aliphatic carbocycles. The quantitative estimate of drug-likeness (QED) is 0.378. The number of hydrogen-bond donors (Lipinski definition) is 5. The van der Waals surface area contributed by atoms with Crippen molar-refractivity contribution in [1.82, 2.24) is 0 Å². The van der Waals surface area contributed by atoms with Crippen LogP contribution < -0.4 is 0 Å². The van der Waals surface area contributed by atoms with Gasteiger partial charge in [0.15, 0.2) is 6.29 Å². The Morgan fingerprint density at radius 3 is 2.05 bits per heavy atom. The average molecular weight is 358 g/mol. The highest BCUT2D eigenvalue weighted by molar-refractivity contribution is 7.66. The molecule has 120 valence electrons. The Kier molecular flexibility index (Phi) is 6.08. The summed E-state index contributed by atoms with van der Waals surface area (Å²) in [5, 5.41) is 9.01. The second-order valence-electron chi connectivity index (χ2n) is 3.68. The molecule has 20 heavy (non-hydrogen) atoms. The molecule has 0 aromatic rings. The summed E-state index contributed by atoms with van der Waals surface area (Å²) in [4.78, 5) is 34.6. The number of ether oxygens (including phenoxy) is 1. The van der Waals surface area contributed by atoms with E-state index in [1.165, 1.54) is 0 Å². The van der Waals surface area contributed by atoms with E-state index >= 15 is 0 Å². The van der Waals surface area contributed by atoms with Gasteiger partial charge in [-0.1, -0.05) is 0 Å². The minimum atomic E-state index is -5.50.